The van der Waals surface area contributed by atoms with Gasteiger partial charge in [0.15, 0.2) is 0 Å². The summed E-state index contributed by atoms with van der Waals surface area (Å²) in [7, 11) is 0. The van der Waals surface area contributed by atoms with Crippen molar-refractivity contribution >= 4 is 5.97 Å². The lowest BCUT2D eigenvalue weighted by Crippen LogP contribution is -2.23. The number of hydrogen-bond acceptors (Lipinski definition) is 2. The minimum atomic E-state index is -1.09. The predicted octanol–water partition coefficient (Wildman–Crippen LogP) is 2.50. The van der Waals surface area contributed by atoms with Crippen molar-refractivity contribution in [3.63, 3.8) is 0 Å². The number of carbonyl (C=O) groups excluding carboxylic acids is 1. The molecular formula is C11H11NO2. The van der Waals surface area contributed by atoms with Crippen LogP contribution in [0.2, 0.25) is 0 Å². The highest BCUT2D eigenvalue weighted by atomic mass is 16.6. The summed E-state index contributed by atoms with van der Waals surface area (Å²) in [6.45, 7) is 9.92. The largest absolute Gasteiger partial charge is 0.386 e. The number of benzene rings is 1. The normalized spacial score (nSPS) is 10.4. The van der Waals surface area contributed by atoms with E-state index in [2.05, 4.69) is 4.85 Å². The topological polar surface area (TPSA) is 30.7 Å². The molecule has 0 fully saturated rings. The molecule has 0 heterocycles. The molecule has 14 heavy (non-hydrogen) atoms. The third-order valence-corrected chi connectivity index (χ3v) is 1.62. The molecule has 0 aliphatic rings. The number of esters is 1. The van der Waals surface area contributed by atoms with E-state index < -0.39 is 11.7 Å². The fraction of sp³-hybridized carbons (Fsp3) is 0.273. The number of carbonyl (C=O) groups is 1. The molecule has 0 unspecified atom stereocenters. The van der Waals surface area contributed by atoms with Crippen LogP contribution < -0.4 is 0 Å². The Morgan fingerprint density at radius 2 is 1.93 bits per heavy atom. The molecule has 1 rings (SSSR count). The number of ether oxygens (including phenoxy) is 1. The Labute approximate surface area is 83.1 Å². The Balaban J connectivity index is 2.75. The van der Waals surface area contributed by atoms with Gasteiger partial charge in [-0.05, 0) is 12.1 Å². The van der Waals surface area contributed by atoms with Gasteiger partial charge in [0, 0.05) is 0 Å². The van der Waals surface area contributed by atoms with Gasteiger partial charge in [-0.3, -0.25) is 4.85 Å². The SMILES string of the molecule is [C-]#[N+]C(C)(C)OC(=O)c1ccccc1. The van der Waals surface area contributed by atoms with Crippen LogP contribution in [0.1, 0.15) is 24.2 Å². The second-order valence-corrected chi connectivity index (χ2v) is 3.31. The van der Waals surface area contributed by atoms with Gasteiger partial charge in [0.1, 0.15) is 0 Å². The van der Waals surface area contributed by atoms with E-state index in [9.17, 15) is 4.79 Å². The summed E-state index contributed by atoms with van der Waals surface area (Å²) in [5.41, 5.74) is -0.628. The molecule has 0 saturated carbocycles. The quantitative estimate of drug-likeness (QED) is 0.528. The van der Waals surface area contributed by atoms with Gasteiger partial charge in [0.05, 0.1) is 19.4 Å². The van der Waals surface area contributed by atoms with Gasteiger partial charge in [0.2, 0.25) is 0 Å². The Morgan fingerprint density at radius 3 is 2.43 bits per heavy atom. The summed E-state index contributed by atoms with van der Waals surface area (Å²) < 4.78 is 4.98. The fourth-order valence-electron chi connectivity index (χ4n) is 0.883. The minimum Gasteiger partial charge on any atom is -0.386 e. The van der Waals surface area contributed by atoms with Crippen molar-refractivity contribution < 1.29 is 9.53 Å². The van der Waals surface area contributed by atoms with E-state index in [1.54, 1.807) is 38.1 Å². The molecule has 0 aliphatic heterocycles. The molecule has 3 heteroatoms. The molecular weight excluding hydrogens is 178 g/mol. The van der Waals surface area contributed by atoms with Crippen LogP contribution in [0.5, 0.6) is 0 Å². The number of rotatable bonds is 2. The summed E-state index contributed by atoms with van der Waals surface area (Å²) in [4.78, 5) is 14.6. The number of hydrogen-bond donors (Lipinski definition) is 0. The first-order valence-corrected chi connectivity index (χ1v) is 4.22. The molecule has 0 atom stereocenters. The summed E-state index contributed by atoms with van der Waals surface area (Å²) in [6.07, 6.45) is 0. The summed E-state index contributed by atoms with van der Waals surface area (Å²) in [5, 5.41) is 0. The van der Waals surface area contributed by atoms with Crippen LogP contribution in [0.25, 0.3) is 4.85 Å². The van der Waals surface area contributed by atoms with Gasteiger partial charge in [-0.25, -0.2) is 11.4 Å². The third kappa shape index (κ3) is 2.60. The molecule has 0 bridgehead atoms. The van der Waals surface area contributed by atoms with Gasteiger partial charge in [-0.1, -0.05) is 18.2 Å². The molecule has 0 amide bonds. The Hall–Kier alpha value is -1.82. The summed E-state index contributed by atoms with van der Waals surface area (Å²) in [6, 6.07) is 8.63. The zero-order chi connectivity index (χ0) is 10.6. The van der Waals surface area contributed by atoms with Crippen LogP contribution in [0, 0.1) is 6.57 Å². The molecule has 3 nitrogen and oxygen atoms in total. The molecule has 0 spiro atoms. The maximum absolute atomic E-state index is 11.5. The van der Waals surface area contributed by atoms with E-state index in [0.717, 1.165) is 0 Å². The first kappa shape index (κ1) is 10.3. The lowest BCUT2D eigenvalue weighted by atomic mass is 10.2. The van der Waals surface area contributed by atoms with Crippen LogP contribution in [0.3, 0.4) is 0 Å². The van der Waals surface area contributed by atoms with Gasteiger partial charge in [-0.15, -0.1) is 0 Å². The summed E-state index contributed by atoms with van der Waals surface area (Å²) in [5.74, 6) is -0.466. The molecule has 0 aliphatic carbocycles. The van der Waals surface area contributed by atoms with Crippen LogP contribution in [0.4, 0.5) is 0 Å². The Bertz CT molecular complexity index is 363. The van der Waals surface area contributed by atoms with Crippen molar-refractivity contribution in [1.29, 1.82) is 0 Å². The smallest absolute Gasteiger partial charge is 0.372 e. The third-order valence-electron chi connectivity index (χ3n) is 1.62. The predicted molar refractivity (Wildman–Crippen MR) is 52.5 cm³/mol. The van der Waals surface area contributed by atoms with Gasteiger partial charge >= 0.3 is 11.7 Å². The molecule has 0 saturated heterocycles. The highest BCUT2D eigenvalue weighted by Gasteiger charge is 2.28. The van der Waals surface area contributed by atoms with Crippen molar-refractivity contribution in [2.45, 2.75) is 19.6 Å². The van der Waals surface area contributed by atoms with Crippen LogP contribution in [-0.4, -0.2) is 11.7 Å². The van der Waals surface area contributed by atoms with Gasteiger partial charge < -0.3 is 4.74 Å². The second kappa shape index (κ2) is 3.93. The van der Waals surface area contributed by atoms with Gasteiger partial charge in [-0.2, -0.15) is 0 Å². The second-order valence-electron chi connectivity index (χ2n) is 3.31. The van der Waals surface area contributed by atoms with Crippen LogP contribution >= 0.6 is 0 Å². The maximum Gasteiger partial charge on any atom is 0.372 e. The zero-order valence-corrected chi connectivity index (χ0v) is 8.15. The fourth-order valence-corrected chi connectivity index (χ4v) is 0.883. The lowest BCUT2D eigenvalue weighted by molar-refractivity contribution is 0.0165. The molecule has 1 aromatic carbocycles. The Morgan fingerprint density at radius 1 is 1.36 bits per heavy atom. The van der Waals surface area contributed by atoms with Crippen molar-refractivity contribution in [1.82, 2.24) is 0 Å². The minimum absolute atomic E-state index is 0.462. The lowest BCUT2D eigenvalue weighted by Gasteiger charge is -2.11. The van der Waals surface area contributed by atoms with Crippen molar-refractivity contribution in [3.8, 4) is 0 Å². The first-order chi connectivity index (χ1) is 6.55. The first-order valence-electron chi connectivity index (χ1n) is 4.22. The maximum atomic E-state index is 11.5. The van der Waals surface area contributed by atoms with E-state index in [4.69, 9.17) is 11.3 Å². The Kier molecular flexibility index (Phi) is 2.88. The van der Waals surface area contributed by atoms with E-state index >= 15 is 0 Å². The van der Waals surface area contributed by atoms with E-state index in [1.807, 2.05) is 6.07 Å². The molecule has 72 valence electrons. The van der Waals surface area contributed by atoms with E-state index in [1.165, 1.54) is 0 Å². The van der Waals surface area contributed by atoms with E-state index in [-0.39, 0.29) is 0 Å². The highest BCUT2D eigenvalue weighted by molar-refractivity contribution is 5.89. The van der Waals surface area contributed by atoms with Crippen LogP contribution in [0.15, 0.2) is 30.3 Å². The number of nitrogens with zero attached hydrogens (tertiary/aromatic N) is 1. The van der Waals surface area contributed by atoms with Gasteiger partial charge in [0.25, 0.3) is 0 Å². The van der Waals surface area contributed by atoms with Crippen LogP contribution in [-0.2, 0) is 4.74 Å². The van der Waals surface area contributed by atoms with Crippen molar-refractivity contribution in [2.24, 2.45) is 0 Å². The van der Waals surface area contributed by atoms with Crippen molar-refractivity contribution in [3.05, 3.63) is 47.3 Å². The highest BCUT2D eigenvalue weighted by Crippen LogP contribution is 2.13. The standard InChI is InChI=1S/C11H11NO2/c1-11(2,12-3)14-10(13)9-7-5-4-6-8-9/h4-8H,1-2H3. The summed E-state index contributed by atoms with van der Waals surface area (Å²) >= 11 is 0. The van der Waals surface area contributed by atoms with Crippen molar-refractivity contribution in [2.75, 3.05) is 0 Å². The molecule has 0 radical (unpaired) electrons. The monoisotopic (exact) mass is 189 g/mol. The zero-order valence-electron chi connectivity index (χ0n) is 8.15. The average molecular weight is 189 g/mol. The molecule has 0 N–H and O–H groups in total. The average Bonchev–Trinajstić information content (AvgIpc) is 2.19. The molecule has 0 aromatic heterocycles. The van der Waals surface area contributed by atoms with E-state index in [0.29, 0.717) is 5.56 Å². The molecule has 1 aromatic rings.